The first-order chi connectivity index (χ1) is 12.6. The summed E-state index contributed by atoms with van der Waals surface area (Å²) in [6.07, 6.45) is 2.12. The number of anilines is 1. The van der Waals surface area contributed by atoms with Crippen LogP contribution < -0.4 is 11.1 Å². The lowest BCUT2D eigenvalue weighted by molar-refractivity contribution is 0.649. The normalized spacial score (nSPS) is 10.8. The molecule has 26 heavy (non-hydrogen) atoms. The molecule has 1 aromatic heterocycles. The lowest BCUT2D eigenvalue weighted by Crippen LogP contribution is -2.15. The molecule has 0 aliphatic rings. The van der Waals surface area contributed by atoms with E-state index in [0.29, 0.717) is 5.82 Å². The number of nitrogen functional groups attached to an aromatic ring is 1. The lowest BCUT2D eigenvalue weighted by Gasteiger charge is -2.08. The highest BCUT2D eigenvalue weighted by Gasteiger charge is 2.02. The number of hydrogen-bond donors (Lipinski definition) is 2. The molecule has 0 aliphatic heterocycles. The molecule has 3 N–H and O–H groups in total. The molecule has 0 amide bonds. The van der Waals surface area contributed by atoms with Gasteiger partial charge >= 0.3 is 0 Å². The van der Waals surface area contributed by atoms with E-state index in [2.05, 4.69) is 46.7 Å². The molecule has 134 valence electrons. The first kappa shape index (κ1) is 18.4. The van der Waals surface area contributed by atoms with Crippen molar-refractivity contribution in [3.05, 3.63) is 82.4 Å². The van der Waals surface area contributed by atoms with Crippen LogP contribution in [0.25, 0.3) is 11.3 Å². The van der Waals surface area contributed by atoms with Crippen LogP contribution in [0.5, 0.6) is 0 Å². The monoisotopic (exact) mass is 365 g/mol. The van der Waals surface area contributed by atoms with Crippen molar-refractivity contribution in [1.29, 1.82) is 0 Å². The van der Waals surface area contributed by atoms with Crippen LogP contribution in [0.3, 0.4) is 0 Å². The third-order valence-electron chi connectivity index (χ3n) is 4.28. The van der Waals surface area contributed by atoms with E-state index in [0.717, 1.165) is 47.8 Å². The van der Waals surface area contributed by atoms with Gasteiger partial charge < -0.3 is 11.1 Å². The Balaban J connectivity index is 1.47. The van der Waals surface area contributed by atoms with Gasteiger partial charge in [0.2, 0.25) is 0 Å². The number of pyridine rings is 1. The molecular weight excluding hydrogens is 342 g/mol. The maximum absolute atomic E-state index is 6.01. The first-order valence-corrected chi connectivity index (χ1v) is 9.26. The fraction of sp³-hybridized carbons (Fsp3) is 0.227. The second-order valence-corrected chi connectivity index (χ2v) is 7.00. The van der Waals surface area contributed by atoms with E-state index in [4.69, 9.17) is 17.3 Å². The van der Waals surface area contributed by atoms with Gasteiger partial charge in [0.15, 0.2) is 0 Å². The summed E-state index contributed by atoms with van der Waals surface area (Å²) in [5.41, 5.74) is 11.5. The topological polar surface area (TPSA) is 50.9 Å². The highest BCUT2D eigenvalue weighted by atomic mass is 35.5. The maximum atomic E-state index is 6.01. The summed E-state index contributed by atoms with van der Waals surface area (Å²) in [7, 11) is 0. The van der Waals surface area contributed by atoms with E-state index in [1.165, 1.54) is 11.1 Å². The zero-order valence-corrected chi connectivity index (χ0v) is 15.8. The van der Waals surface area contributed by atoms with Gasteiger partial charge in [0.05, 0.1) is 5.69 Å². The molecule has 0 aliphatic carbocycles. The number of aryl methyl sites for hydroxylation is 2. The number of nitrogens with zero attached hydrogens (tertiary/aromatic N) is 1. The van der Waals surface area contributed by atoms with Crippen LogP contribution in [0.2, 0.25) is 5.02 Å². The molecule has 0 radical (unpaired) electrons. The summed E-state index contributed by atoms with van der Waals surface area (Å²) in [6, 6.07) is 20.5. The Bertz CT molecular complexity index is 839. The molecular formula is C22H24ClN3. The van der Waals surface area contributed by atoms with Crippen LogP contribution in [-0.4, -0.2) is 11.5 Å². The Morgan fingerprint density at radius 2 is 1.81 bits per heavy atom. The van der Waals surface area contributed by atoms with Crippen LogP contribution >= 0.6 is 11.6 Å². The van der Waals surface area contributed by atoms with Crippen molar-refractivity contribution in [2.45, 2.75) is 26.3 Å². The summed E-state index contributed by atoms with van der Waals surface area (Å²) in [6.45, 7) is 3.87. The van der Waals surface area contributed by atoms with Crippen molar-refractivity contribution in [2.75, 3.05) is 12.3 Å². The zero-order chi connectivity index (χ0) is 18.4. The number of rotatable bonds is 7. The average molecular weight is 366 g/mol. The van der Waals surface area contributed by atoms with Crippen LogP contribution in [0.1, 0.15) is 23.1 Å². The van der Waals surface area contributed by atoms with Gasteiger partial charge in [-0.3, -0.25) is 0 Å². The van der Waals surface area contributed by atoms with Crippen LogP contribution in [0.4, 0.5) is 5.82 Å². The smallest absolute Gasteiger partial charge is 0.124 e. The molecule has 3 nitrogen and oxygen atoms in total. The predicted octanol–water partition coefficient (Wildman–Crippen LogP) is 5.02. The molecule has 3 aromatic rings. The van der Waals surface area contributed by atoms with Crippen molar-refractivity contribution in [3.63, 3.8) is 0 Å². The van der Waals surface area contributed by atoms with Gasteiger partial charge in [0.1, 0.15) is 5.82 Å². The van der Waals surface area contributed by atoms with Crippen molar-refractivity contribution in [3.8, 4) is 11.3 Å². The van der Waals surface area contributed by atoms with Crippen LogP contribution in [0, 0.1) is 6.92 Å². The van der Waals surface area contributed by atoms with Crippen LogP contribution in [0.15, 0.2) is 60.7 Å². The van der Waals surface area contributed by atoms with Gasteiger partial charge in [-0.25, -0.2) is 4.98 Å². The Morgan fingerprint density at radius 3 is 2.54 bits per heavy atom. The summed E-state index contributed by atoms with van der Waals surface area (Å²) < 4.78 is 0. The lowest BCUT2D eigenvalue weighted by atomic mass is 10.1. The Morgan fingerprint density at radius 1 is 1.00 bits per heavy atom. The van der Waals surface area contributed by atoms with Gasteiger partial charge in [-0.2, -0.15) is 0 Å². The second kappa shape index (κ2) is 8.84. The highest BCUT2D eigenvalue weighted by molar-refractivity contribution is 6.30. The third-order valence-corrected chi connectivity index (χ3v) is 4.51. The first-order valence-electron chi connectivity index (χ1n) is 8.89. The van der Waals surface area contributed by atoms with Gasteiger partial charge in [-0.1, -0.05) is 48.0 Å². The SMILES string of the molecule is Cc1cc(N)nc(-c2ccc(CNCCCc3cccc(Cl)c3)cc2)c1. The zero-order valence-electron chi connectivity index (χ0n) is 15.0. The molecule has 0 spiro atoms. The minimum atomic E-state index is 0.561. The van der Waals surface area contributed by atoms with Crippen LogP contribution in [-0.2, 0) is 13.0 Å². The molecule has 0 saturated heterocycles. The van der Waals surface area contributed by atoms with E-state index in [9.17, 15) is 0 Å². The molecule has 1 heterocycles. The molecule has 0 saturated carbocycles. The summed E-state index contributed by atoms with van der Waals surface area (Å²) in [4.78, 5) is 4.41. The molecule has 0 atom stereocenters. The standard InChI is InChI=1S/C22H24ClN3/c1-16-12-21(26-22(24)13-16)19-9-7-18(8-10-19)15-25-11-3-5-17-4-2-6-20(23)14-17/h2,4,6-10,12-14,25H,3,5,11,15H2,1H3,(H2,24,26). The minimum absolute atomic E-state index is 0.561. The average Bonchev–Trinajstić information content (AvgIpc) is 2.61. The maximum Gasteiger partial charge on any atom is 0.124 e. The molecule has 0 fully saturated rings. The van der Waals surface area contributed by atoms with E-state index >= 15 is 0 Å². The largest absolute Gasteiger partial charge is 0.384 e. The van der Waals surface area contributed by atoms with Gasteiger partial charge in [-0.15, -0.1) is 0 Å². The molecule has 0 unspecified atom stereocenters. The number of nitrogens with two attached hydrogens (primary N) is 1. The highest BCUT2D eigenvalue weighted by Crippen LogP contribution is 2.20. The van der Waals surface area contributed by atoms with E-state index < -0.39 is 0 Å². The Kier molecular flexibility index (Phi) is 6.26. The summed E-state index contributed by atoms with van der Waals surface area (Å²) >= 11 is 6.01. The Labute approximate surface area is 160 Å². The quantitative estimate of drug-likeness (QED) is 0.578. The van der Waals surface area contributed by atoms with Crippen molar-refractivity contribution < 1.29 is 0 Å². The van der Waals surface area contributed by atoms with Crippen molar-refractivity contribution >= 4 is 17.4 Å². The van der Waals surface area contributed by atoms with Gasteiger partial charge in [0.25, 0.3) is 0 Å². The number of nitrogens with one attached hydrogen (secondary N) is 1. The predicted molar refractivity (Wildman–Crippen MR) is 110 cm³/mol. The third kappa shape index (κ3) is 5.32. The minimum Gasteiger partial charge on any atom is -0.384 e. The number of benzene rings is 2. The van der Waals surface area contributed by atoms with Crippen molar-refractivity contribution in [2.24, 2.45) is 0 Å². The van der Waals surface area contributed by atoms with Crippen molar-refractivity contribution in [1.82, 2.24) is 10.3 Å². The second-order valence-electron chi connectivity index (χ2n) is 6.56. The molecule has 4 heteroatoms. The Hall–Kier alpha value is -2.36. The van der Waals surface area contributed by atoms with E-state index in [-0.39, 0.29) is 0 Å². The molecule has 3 rings (SSSR count). The fourth-order valence-corrected chi connectivity index (χ4v) is 3.19. The van der Waals surface area contributed by atoms with Gasteiger partial charge in [-0.05, 0) is 67.3 Å². The molecule has 0 bridgehead atoms. The van der Waals surface area contributed by atoms with Gasteiger partial charge in [0, 0.05) is 17.1 Å². The molecule has 2 aromatic carbocycles. The number of aromatic nitrogens is 1. The van der Waals surface area contributed by atoms with E-state index in [1.807, 2.05) is 31.2 Å². The summed E-state index contributed by atoms with van der Waals surface area (Å²) in [5, 5.41) is 4.30. The fourth-order valence-electron chi connectivity index (χ4n) is 2.98. The summed E-state index contributed by atoms with van der Waals surface area (Å²) in [5.74, 6) is 0.561. The number of halogens is 1. The number of hydrogen-bond acceptors (Lipinski definition) is 3. The van der Waals surface area contributed by atoms with E-state index in [1.54, 1.807) is 0 Å².